The molecule has 1 aliphatic rings. The first-order valence-corrected chi connectivity index (χ1v) is 6.92. The Morgan fingerprint density at radius 3 is 2.84 bits per heavy atom. The first-order valence-electron chi connectivity index (χ1n) is 6.48. The maximum absolute atomic E-state index is 11.5. The third-order valence-electron chi connectivity index (χ3n) is 3.81. The molecule has 0 spiro atoms. The van der Waals surface area contributed by atoms with Crippen LogP contribution in [0.1, 0.15) is 23.8 Å². The number of fused-ring (bicyclic) bond motifs is 1. The van der Waals surface area contributed by atoms with Crippen LogP contribution < -0.4 is 5.76 Å². The molecule has 0 bridgehead atoms. The number of nitrogens with zero attached hydrogens (tertiary/aromatic N) is 1. The molecule has 2 aromatic rings. The van der Waals surface area contributed by atoms with E-state index in [2.05, 4.69) is 0 Å². The van der Waals surface area contributed by atoms with Gasteiger partial charge >= 0.3 is 5.76 Å². The minimum Gasteiger partial charge on any atom is -0.408 e. The molecular formula is C14H16ClNO3. The van der Waals surface area contributed by atoms with Crippen molar-refractivity contribution in [3.8, 4) is 0 Å². The van der Waals surface area contributed by atoms with Gasteiger partial charge in [0.1, 0.15) is 0 Å². The van der Waals surface area contributed by atoms with Gasteiger partial charge in [0.2, 0.25) is 0 Å². The Morgan fingerprint density at radius 2 is 2.11 bits per heavy atom. The minimum atomic E-state index is -0.343. The summed E-state index contributed by atoms with van der Waals surface area (Å²) < 4.78 is 12.1. The zero-order valence-corrected chi connectivity index (χ0v) is 11.5. The van der Waals surface area contributed by atoms with Crippen molar-refractivity contribution in [1.82, 2.24) is 4.57 Å². The number of hydrogen-bond acceptors (Lipinski definition) is 3. The molecule has 102 valence electrons. The number of benzene rings is 1. The molecule has 19 heavy (non-hydrogen) atoms. The standard InChI is InChI=1S/C14H16ClNO3/c1-16-11-3-2-10(8-12(11)19-14(16)17)13(15)9-4-6-18-7-5-9/h2-3,8-9,13H,4-7H2,1H3. The molecule has 1 aromatic carbocycles. The van der Waals surface area contributed by atoms with Gasteiger partial charge in [-0.3, -0.25) is 4.57 Å². The highest BCUT2D eigenvalue weighted by Crippen LogP contribution is 2.36. The second-order valence-electron chi connectivity index (χ2n) is 5.01. The molecule has 0 amide bonds. The maximum atomic E-state index is 11.5. The molecule has 1 unspecified atom stereocenters. The molecule has 1 fully saturated rings. The van der Waals surface area contributed by atoms with Crippen LogP contribution in [0.5, 0.6) is 0 Å². The zero-order chi connectivity index (χ0) is 13.4. The maximum Gasteiger partial charge on any atom is 0.419 e. The van der Waals surface area contributed by atoms with Crippen LogP contribution >= 0.6 is 11.6 Å². The molecule has 1 saturated heterocycles. The van der Waals surface area contributed by atoms with E-state index in [9.17, 15) is 4.79 Å². The van der Waals surface area contributed by atoms with E-state index < -0.39 is 0 Å². The van der Waals surface area contributed by atoms with Crippen molar-refractivity contribution < 1.29 is 9.15 Å². The summed E-state index contributed by atoms with van der Waals surface area (Å²) in [6.45, 7) is 1.55. The summed E-state index contributed by atoms with van der Waals surface area (Å²) in [6, 6.07) is 5.75. The fraction of sp³-hybridized carbons (Fsp3) is 0.500. The number of hydrogen-bond donors (Lipinski definition) is 0. The van der Waals surface area contributed by atoms with Crippen molar-refractivity contribution >= 4 is 22.7 Å². The molecule has 0 aliphatic carbocycles. The highest BCUT2D eigenvalue weighted by molar-refractivity contribution is 6.21. The van der Waals surface area contributed by atoms with Crippen LogP contribution in [0.15, 0.2) is 27.4 Å². The lowest BCUT2D eigenvalue weighted by Gasteiger charge is -2.26. The van der Waals surface area contributed by atoms with Crippen LogP contribution in [0.25, 0.3) is 11.1 Å². The fourth-order valence-corrected chi connectivity index (χ4v) is 2.99. The zero-order valence-electron chi connectivity index (χ0n) is 10.8. The lowest BCUT2D eigenvalue weighted by molar-refractivity contribution is 0.0651. The summed E-state index contributed by atoms with van der Waals surface area (Å²) in [5.74, 6) is 0.0765. The van der Waals surface area contributed by atoms with Crippen molar-refractivity contribution in [1.29, 1.82) is 0 Å². The Labute approximate surface area is 115 Å². The number of oxazole rings is 1. The Bertz CT molecular complexity index is 640. The van der Waals surface area contributed by atoms with Gasteiger partial charge < -0.3 is 9.15 Å². The van der Waals surface area contributed by atoms with Gasteiger partial charge in [-0.2, -0.15) is 0 Å². The van der Waals surface area contributed by atoms with E-state index in [1.165, 1.54) is 4.57 Å². The van der Waals surface area contributed by atoms with Gasteiger partial charge in [-0.15, -0.1) is 11.6 Å². The summed E-state index contributed by atoms with van der Waals surface area (Å²) in [5.41, 5.74) is 2.41. The molecule has 5 heteroatoms. The van der Waals surface area contributed by atoms with Crippen molar-refractivity contribution in [3.05, 3.63) is 34.3 Å². The monoisotopic (exact) mass is 281 g/mol. The van der Waals surface area contributed by atoms with E-state index in [0.717, 1.165) is 37.1 Å². The largest absolute Gasteiger partial charge is 0.419 e. The van der Waals surface area contributed by atoms with E-state index in [1.807, 2.05) is 18.2 Å². The number of alkyl halides is 1. The second kappa shape index (κ2) is 5.02. The second-order valence-corrected chi connectivity index (χ2v) is 5.48. The number of aromatic nitrogens is 1. The average Bonchev–Trinajstić information content (AvgIpc) is 2.74. The average molecular weight is 282 g/mol. The van der Waals surface area contributed by atoms with Crippen LogP contribution in [0, 0.1) is 5.92 Å². The summed E-state index contributed by atoms with van der Waals surface area (Å²) >= 11 is 6.55. The van der Waals surface area contributed by atoms with Crippen LogP contribution in [0.2, 0.25) is 0 Å². The number of ether oxygens (including phenoxy) is 1. The van der Waals surface area contributed by atoms with Crippen molar-refractivity contribution in [2.45, 2.75) is 18.2 Å². The molecule has 1 atom stereocenters. The van der Waals surface area contributed by atoms with Crippen molar-refractivity contribution in [2.24, 2.45) is 13.0 Å². The van der Waals surface area contributed by atoms with Crippen LogP contribution in [0.4, 0.5) is 0 Å². The number of aryl methyl sites for hydroxylation is 1. The Hall–Kier alpha value is -1.26. The van der Waals surface area contributed by atoms with Gasteiger partial charge in [0.15, 0.2) is 5.58 Å². The summed E-state index contributed by atoms with van der Waals surface area (Å²) in [7, 11) is 1.70. The van der Waals surface area contributed by atoms with Gasteiger partial charge in [-0.25, -0.2) is 4.79 Å². The summed E-state index contributed by atoms with van der Waals surface area (Å²) in [4.78, 5) is 11.5. The lowest BCUT2D eigenvalue weighted by atomic mass is 9.92. The molecule has 3 rings (SSSR count). The molecular weight excluding hydrogens is 266 g/mol. The summed E-state index contributed by atoms with van der Waals surface area (Å²) in [6.07, 6.45) is 1.95. The number of rotatable bonds is 2. The highest BCUT2D eigenvalue weighted by Gasteiger charge is 2.24. The van der Waals surface area contributed by atoms with Crippen molar-refractivity contribution in [3.63, 3.8) is 0 Å². The third-order valence-corrected chi connectivity index (χ3v) is 4.42. The molecule has 4 nitrogen and oxygen atoms in total. The fourth-order valence-electron chi connectivity index (χ4n) is 2.60. The van der Waals surface area contributed by atoms with E-state index in [4.69, 9.17) is 20.8 Å². The van der Waals surface area contributed by atoms with Gasteiger partial charge in [-0.05, 0) is 36.5 Å². The molecule has 2 heterocycles. The van der Waals surface area contributed by atoms with Crippen LogP contribution in [-0.4, -0.2) is 17.8 Å². The Kier molecular flexibility index (Phi) is 3.37. The molecule has 0 radical (unpaired) electrons. The number of halogens is 1. The van der Waals surface area contributed by atoms with Gasteiger partial charge in [0.25, 0.3) is 0 Å². The van der Waals surface area contributed by atoms with E-state index in [1.54, 1.807) is 7.05 Å². The molecule has 1 aromatic heterocycles. The smallest absolute Gasteiger partial charge is 0.408 e. The topological polar surface area (TPSA) is 44.4 Å². The predicted molar refractivity (Wildman–Crippen MR) is 73.6 cm³/mol. The van der Waals surface area contributed by atoms with E-state index >= 15 is 0 Å². The lowest BCUT2D eigenvalue weighted by Crippen LogP contribution is -2.19. The van der Waals surface area contributed by atoms with Gasteiger partial charge in [0, 0.05) is 20.3 Å². The first-order chi connectivity index (χ1) is 9.16. The minimum absolute atomic E-state index is 0.0567. The molecule has 1 aliphatic heterocycles. The quantitative estimate of drug-likeness (QED) is 0.795. The first kappa shape index (κ1) is 12.8. The Morgan fingerprint density at radius 1 is 1.37 bits per heavy atom. The van der Waals surface area contributed by atoms with Crippen molar-refractivity contribution in [2.75, 3.05) is 13.2 Å². The van der Waals surface area contributed by atoms with E-state index in [-0.39, 0.29) is 11.1 Å². The summed E-state index contributed by atoms with van der Waals surface area (Å²) in [5, 5.41) is -0.0567. The molecule has 0 saturated carbocycles. The normalized spacial score (nSPS) is 18.8. The highest BCUT2D eigenvalue weighted by atomic mass is 35.5. The van der Waals surface area contributed by atoms with Crippen LogP contribution in [0.3, 0.4) is 0 Å². The van der Waals surface area contributed by atoms with Crippen LogP contribution in [-0.2, 0) is 11.8 Å². The predicted octanol–water partition coefficient (Wildman–Crippen LogP) is 2.84. The Balaban J connectivity index is 1.94. The van der Waals surface area contributed by atoms with Gasteiger partial charge in [0.05, 0.1) is 10.9 Å². The SMILES string of the molecule is Cn1c(=O)oc2cc(C(Cl)C3CCOCC3)ccc21. The third kappa shape index (κ3) is 2.30. The molecule has 0 N–H and O–H groups in total. The van der Waals surface area contributed by atoms with Gasteiger partial charge in [-0.1, -0.05) is 6.07 Å². The van der Waals surface area contributed by atoms with E-state index in [0.29, 0.717) is 11.5 Å².